The molecule has 3 heterocycles. The van der Waals surface area contributed by atoms with Gasteiger partial charge in [-0.25, -0.2) is 9.69 Å². The fourth-order valence-corrected chi connectivity index (χ4v) is 8.81. The number of hydrogen-bond donors (Lipinski definition) is 0. The zero-order chi connectivity index (χ0) is 36.6. The molecular weight excluding hydrogens is 671 g/mol. The molecular formula is C50H29N5. The second kappa shape index (κ2) is 11.8. The third kappa shape index (κ3) is 4.39. The Labute approximate surface area is 316 Å². The molecule has 0 fully saturated rings. The van der Waals surface area contributed by atoms with Crippen molar-refractivity contribution in [2.24, 2.45) is 0 Å². The summed E-state index contributed by atoms with van der Waals surface area (Å²) in [7, 11) is 0. The Balaban J connectivity index is 1.13. The Morgan fingerprint density at radius 3 is 1.55 bits per heavy atom. The molecule has 3 aromatic heterocycles. The lowest BCUT2D eigenvalue weighted by Crippen LogP contribution is -1.98. The number of para-hydroxylation sites is 5. The maximum atomic E-state index is 8.49. The van der Waals surface area contributed by atoms with E-state index in [-0.39, 0.29) is 0 Å². The van der Waals surface area contributed by atoms with E-state index in [1.54, 1.807) is 0 Å². The van der Waals surface area contributed by atoms with Crippen LogP contribution in [0.25, 0.3) is 103 Å². The molecule has 11 aromatic rings. The first-order chi connectivity index (χ1) is 27.2. The number of nitrogens with zero attached hydrogens (tertiary/aromatic N) is 5. The molecule has 55 heavy (non-hydrogen) atoms. The van der Waals surface area contributed by atoms with Crippen LogP contribution >= 0.6 is 0 Å². The van der Waals surface area contributed by atoms with Crippen LogP contribution in [0.5, 0.6) is 0 Å². The first kappa shape index (κ1) is 30.7. The van der Waals surface area contributed by atoms with Crippen molar-refractivity contribution >= 4 is 76.8 Å². The summed E-state index contributed by atoms with van der Waals surface area (Å²) < 4.78 is 6.96. The normalized spacial score (nSPS) is 11.6. The van der Waals surface area contributed by atoms with Crippen LogP contribution in [0.3, 0.4) is 0 Å². The molecule has 0 bridgehead atoms. The van der Waals surface area contributed by atoms with Crippen LogP contribution in [0.1, 0.15) is 0 Å². The molecule has 0 aliphatic heterocycles. The highest BCUT2D eigenvalue weighted by Gasteiger charge is 2.21. The molecule has 254 valence electrons. The molecule has 0 radical (unpaired) electrons. The lowest BCUT2D eigenvalue weighted by molar-refractivity contribution is 1.17. The number of aromatic nitrogens is 3. The fraction of sp³-hybridized carbons (Fsp3) is 0. The van der Waals surface area contributed by atoms with Crippen LogP contribution in [0, 0.1) is 13.1 Å². The predicted octanol–water partition coefficient (Wildman–Crippen LogP) is 13.7. The van der Waals surface area contributed by atoms with E-state index >= 15 is 0 Å². The Kier molecular flexibility index (Phi) is 6.61. The number of hydrogen-bond acceptors (Lipinski definition) is 0. The zero-order valence-corrected chi connectivity index (χ0v) is 29.5. The molecule has 0 spiro atoms. The van der Waals surface area contributed by atoms with Crippen LogP contribution in [0.15, 0.2) is 176 Å². The van der Waals surface area contributed by atoms with Gasteiger partial charge in [0.15, 0.2) is 11.4 Å². The van der Waals surface area contributed by atoms with Crippen LogP contribution < -0.4 is 0 Å². The van der Waals surface area contributed by atoms with Crippen molar-refractivity contribution in [3.05, 3.63) is 199 Å². The molecule has 0 aliphatic carbocycles. The molecule has 0 N–H and O–H groups in total. The quantitative estimate of drug-likeness (QED) is 0.163. The monoisotopic (exact) mass is 699 g/mol. The Morgan fingerprint density at radius 1 is 0.345 bits per heavy atom. The van der Waals surface area contributed by atoms with Crippen molar-refractivity contribution in [2.45, 2.75) is 0 Å². The Hall–Kier alpha value is -7.86. The highest BCUT2D eigenvalue weighted by Crippen LogP contribution is 2.43. The van der Waals surface area contributed by atoms with Crippen molar-refractivity contribution in [3.63, 3.8) is 0 Å². The summed E-state index contributed by atoms with van der Waals surface area (Å²) in [5.74, 6) is 0. The smallest absolute Gasteiger partial charge is 0.197 e. The van der Waals surface area contributed by atoms with Gasteiger partial charge in [0, 0.05) is 32.6 Å². The van der Waals surface area contributed by atoms with E-state index in [2.05, 4.69) is 151 Å². The SMILES string of the molecule is [C-]#[N+]c1ccc2c(c1)c1ccccc1n2-c1ccccc1-c1ccc(-n2c3ccccc3c3c(-n4c5ccccc5c5ccccc54)cccc32)cc1[N+]#[C-]. The van der Waals surface area contributed by atoms with Crippen molar-refractivity contribution < 1.29 is 0 Å². The lowest BCUT2D eigenvalue weighted by Gasteiger charge is -2.16. The molecule has 11 rings (SSSR count). The van der Waals surface area contributed by atoms with Gasteiger partial charge in [-0.15, -0.1) is 0 Å². The molecule has 0 atom stereocenters. The first-order valence-corrected chi connectivity index (χ1v) is 18.3. The molecule has 0 amide bonds. The van der Waals surface area contributed by atoms with Crippen LogP contribution in [-0.2, 0) is 0 Å². The number of benzene rings is 8. The van der Waals surface area contributed by atoms with Crippen LogP contribution in [0.2, 0.25) is 0 Å². The van der Waals surface area contributed by atoms with Crippen molar-refractivity contribution in [1.29, 1.82) is 0 Å². The predicted molar refractivity (Wildman–Crippen MR) is 227 cm³/mol. The molecule has 5 nitrogen and oxygen atoms in total. The first-order valence-electron chi connectivity index (χ1n) is 18.3. The van der Waals surface area contributed by atoms with Gasteiger partial charge in [0.1, 0.15) is 0 Å². The molecule has 8 aromatic carbocycles. The van der Waals surface area contributed by atoms with Gasteiger partial charge < -0.3 is 13.7 Å². The molecule has 5 heteroatoms. The summed E-state index contributed by atoms with van der Waals surface area (Å²) in [6.45, 7) is 16.1. The largest absolute Gasteiger partial charge is 0.310 e. The van der Waals surface area contributed by atoms with Crippen molar-refractivity contribution in [2.75, 3.05) is 0 Å². The minimum atomic E-state index is 0.575. The molecule has 0 saturated heterocycles. The van der Waals surface area contributed by atoms with Gasteiger partial charge in [0.25, 0.3) is 0 Å². The van der Waals surface area contributed by atoms with Crippen molar-refractivity contribution in [1.82, 2.24) is 13.7 Å². The summed E-state index contributed by atoms with van der Waals surface area (Å²) in [6.07, 6.45) is 0. The second-order valence-corrected chi connectivity index (χ2v) is 13.9. The van der Waals surface area contributed by atoms with Gasteiger partial charge >= 0.3 is 0 Å². The van der Waals surface area contributed by atoms with Crippen LogP contribution in [-0.4, -0.2) is 13.7 Å². The lowest BCUT2D eigenvalue weighted by atomic mass is 10.0. The minimum Gasteiger partial charge on any atom is -0.310 e. The minimum absolute atomic E-state index is 0.575. The van der Waals surface area contributed by atoms with Crippen LogP contribution in [0.4, 0.5) is 11.4 Å². The zero-order valence-electron chi connectivity index (χ0n) is 29.5. The average Bonchev–Trinajstić information content (AvgIpc) is 3.89. The van der Waals surface area contributed by atoms with Gasteiger partial charge in [-0.3, -0.25) is 0 Å². The highest BCUT2D eigenvalue weighted by molar-refractivity contribution is 6.17. The summed E-state index contributed by atoms with van der Waals surface area (Å²) >= 11 is 0. The standard InChI is InChI=1S/C50H29N5/c1-51-32-26-29-47-40(30-32)38-17-6-11-22-45(38)54(47)42-19-8-3-14-35(42)34-28-27-33(31-41(34)52-2)53-46-23-12-7-18-39(46)50-48(53)24-13-25-49(50)55-43-20-9-4-15-36(43)37-16-5-10-21-44(37)55/h3-31H. The maximum Gasteiger partial charge on any atom is 0.197 e. The van der Waals surface area contributed by atoms with E-state index in [9.17, 15) is 0 Å². The second-order valence-electron chi connectivity index (χ2n) is 13.9. The molecule has 0 unspecified atom stereocenters. The van der Waals surface area contributed by atoms with Gasteiger partial charge in [0.2, 0.25) is 0 Å². The summed E-state index contributed by atoms with van der Waals surface area (Å²) in [5.41, 5.74) is 12.6. The van der Waals surface area contributed by atoms with Gasteiger partial charge in [-0.1, -0.05) is 109 Å². The van der Waals surface area contributed by atoms with Gasteiger partial charge in [-0.05, 0) is 83.2 Å². The van der Waals surface area contributed by atoms with Gasteiger partial charge in [-0.2, -0.15) is 0 Å². The third-order valence-electron chi connectivity index (χ3n) is 11.1. The Morgan fingerprint density at radius 2 is 0.873 bits per heavy atom. The summed E-state index contributed by atoms with van der Waals surface area (Å²) in [4.78, 5) is 7.87. The maximum absolute atomic E-state index is 8.49. The number of rotatable bonds is 4. The topological polar surface area (TPSA) is 23.5 Å². The summed E-state index contributed by atoms with van der Waals surface area (Å²) in [6, 6.07) is 61.2. The van der Waals surface area contributed by atoms with E-state index < -0.39 is 0 Å². The molecule has 0 saturated carbocycles. The van der Waals surface area contributed by atoms with Crippen molar-refractivity contribution in [3.8, 4) is 28.2 Å². The average molecular weight is 700 g/mol. The fourth-order valence-electron chi connectivity index (χ4n) is 8.81. The van der Waals surface area contributed by atoms with E-state index in [1.807, 2.05) is 48.5 Å². The van der Waals surface area contributed by atoms with E-state index in [0.717, 1.165) is 71.8 Å². The van der Waals surface area contributed by atoms with E-state index in [1.165, 1.54) is 21.8 Å². The third-order valence-corrected chi connectivity index (χ3v) is 11.1. The van der Waals surface area contributed by atoms with E-state index in [4.69, 9.17) is 13.1 Å². The van der Waals surface area contributed by atoms with E-state index in [0.29, 0.717) is 11.4 Å². The Bertz CT molecular complexity index is 3420. The number of fused-ring (bicyclic) bond motifs is 9. The molecule has 0 aliphatic rings. The summed E-state index contributed by atoms with van der Waals surface area (Å²) in [5, 5.41) is 6.89. The highest BCUT2D eigenvalue weighted by atomic mass is 15.0. The van der Waals surface area contributed by atoms with Gasteiger partial charge in [0.05, 0.1) is 57.6 Å².